The standard InChI is InChI=1S/C16H15N3O.ClH/c1-11-14(13-6-2-3-7-15(13)19-11)10-18-16(20)12-5-4-8-17-9-12;/h2-9,19H,10H2,1H3,(H,18,20);1H. The van der Waals surface area contributed by atoms with Crippen molar-refractivity contribution in [1.82, 2.24) is 15.3 Å². The van der Waals surface area contributed by atoms with E-state index < -0.39 is 0 Å². The van der Waals surface area contributed by atoms with E-state index in [2.05, 4.69) is 21.4 Å². The molecule has 0 saturated heterocycles. The van der Waals surface area contributed by atoms with Crippen molar-refractivity contribution < 1.29 is 4.79 Å². The lowest BCUT2D eigenvalue weighted by atomic mass is 10.1. The topological polar surface area (TPSA) is 57.8 Å². The second-order valence-electron chi connectivity index (χ2n) is 4.70. The van der Waals surface area contributed by atoms with E-state index in [0.29, 0.717) is 12.1 Å². The van der Waals surface area contributed by atoms with E-state index >= 15 is 0 Å². The van der Waals surface area contributed by atoms with Crippen LogP contribution < -0.4 is 5.32 Å². The molecule has 0 atom stereocenters. The second-order valence-corrected chi connectivity index (χ2v) is 4.70. The molecule has 0 aliphatic heterocycles. The Morgan fingerprint density at radius 2 is 2.05 bits per heavy atom. The molecular weight excluding hydrogens is 286 g/mol. The monoisotopic (exact) mass is 301 g/mol. The molecule has 0 bridgehead atoms. The number of benzene rings is 1. The van der Waals surface area contributed by atoms with Gasteiger partial charge in [0.1, 0.15) is 0 Å². The molecule has 3 aromatic rings. The van der Waals surface area contributed by atoms with E-state index in [1.807, 2.05) is 25.1 Å². The first-order valence-corrected chi connectivity index (χ1v) is 6.50. The Kier molecular flexibility index (Phi) is 4.60. The quantitative estimate of drug-likeness (QED) is 0.780. The summed E-state index contributed by atoms with van der Waals surface area (Å²) in [6.07, 6.45) is 3.22. The van der Waals surface area contributed by atoms with Gasteiger partial charge < -0.3 is 10.3 Å². The van der Waals surface area contributed by atoms with Crippen LogP contribution >= 0.6 is 12.4 Å². The van der Waals surface area contributed by atoms with Crippen LogP contribution in [0.2, 0.25) is 0 Å². The molecule has 4 nitrogen and oxygen atoms in total. The molecule has 0 aliphatic carbocycles. The predicted octanol–water partition coefficient (Wildman–Crippen LogP) is 3.22. The Morgan fingerprint density at radius 3 is 2.81 bits per heavy atom. The van der Waals surface area contributed by atoms with Gasteiger partial charge >= 0.3 is 0 Å². The Hall–Kier alpha value is -2.33. The maximum absolute atomic E-state index is 12.0. The lowest BCUT2D eigenvalue weighted by Gasteiger charge is -2.05. The highest BCUT2D eigenvalue weighted by molar-refractivity contribution is 5.94. The van der Waals surface area contributed by atoms with Crippen molar-refractivity contribution in [2.75, 3.05) is 0 Å². The fourth-order valence-corrected chi connectivity index (χ4v) is 2.33. The Balaban J connectivity index is 0.00000161. The van der Waals surface area contributed by atoms with Crippen molar-refractivity contribution in [3.8, 4) is 0 Å². The van der Waals surface area contributed by atoms with Crippen molar-refractivity contribution in [2.24, 2.45) is 0 Å². The number of hydrogen-bond acceptors (Lipinski definition) is 2. The minimum absolute atomic E-state index is 0. The maximum Gasteiger partial charge on any atom is 0.253 e. The first-order chi connectivity index (χ1) is 9.75. The molecule has 0 fully saturated rings. The molecular formula is C16H16ClN3O. The predicted molar refractivity (Wildman–Crippen MR) is 85.7 cm³/mol. The molecule has 0 saturated carbocycles. The van der Waals surface area contributed by atoms with Crippen molar-refractivity contribution >= 4 is 29.2 Å². The van der Waals surface area contributed by atoms with Crippen LogP contribution in [-0.2, 0) is 6.54 Å². The van der Waals surface area contributed by atoms with E-state index in [4.69, 9.17) is 0 Å². The summed E-state index contributed by atoms with van der Waals surface area (Å²) in [6.45, 7) is 2.52. The average molecular weight is 302 g/mol. The van der Waals surface area contributed by atoms with Crippen molar-refractivity contribution in [3.05, 3.63) is 65.6 Å². The first kappa shape index (κ1) is 15.1. The number of hydrogen-bond donors (Lipinski definition) is 2. The number of para-hydroxylation sites is 1. The van der Waals surface area contributed by atoms with Crippen molar-refractivity contribution in [2.45, 2.75) is 13.5 Å². The molecule has 1 amide bonds. The lowest BCUT2D eigenvalue weighted by molar-refractivity contribution is 0.0950. The Bertz CT molecular complexity index is 753. The summed E-state index contributed by atoms with van der Waals surface area (Å²) in [5.41, 5.74) is 3.87. The molecule has 2 heterocycles. The van der Waals surface area contributed by atoms with Gasteiger partial charge in [0, 0.05) is 35.5 Å². The molecule has 1 aromatic carbocycles. The lowest BCUT2D eigenvalue weighted by Crippen LogP contribution is -2.23. The Morgan fingerprint density at radius 1 is 1.24 bits per heavy atom. The number of nitrogens with one attached hydrogen (secondary N) is 2. The first-order valence-electron chi connectivity index (χ1n) is 6.50. The molecule has 2 N–H and O–H groups in total. The number of aryl methyl sites for hydroxylation is 1. The Labute approximate surface area is 129 Å². The zero-order valence-electron chi connectivity index (χ0n) is 11.6. The van der Waals surface area contributed by atoms with Gasteiger partial charge in [-0.2, -0.15) is 0 Å². The molecule has 0 aliphatic rings. The van der Waals surface area contributed by atoms with Gasteiger partial charge in [0.2, 0.25) is 0 Å². The summed E-state index contributed by atoms with van der Waals surface area (Å²) in [5, 5.41) is 4.08. The maximum atomic E-state index is 12.0. The number of amides is 1. The number of carbonyl (C=O) groups excluding carboxylic acids is 1. The van der Waals surface area contributed by atoms with Gasteiger partial charge in [0.05, 0.1) is 5.56 Å². The third-order valence-corrected chi connectivity index (χ3v) is 3.38. The van der Waals surface area contributed by atoms with Crippen LogP contribution in [0.4, 0.5) is 0 Å². The SMILES string of the molecule is Cc1[nH]c2ccccc2c1CNC(=O)c1cccnc1.Cl. The number of fused-ring (bicyclic) bond motifs is 1. The van der Waals surface area contributed by atoms with Gasteiger partial charge in [-0.1, -0.05) is 18.2 Å². The van der Waals surface area contributed by atoms with E-state index in [1.165, 1.54) is 0 Å². The smallest absolute Gasteiger partial charge is 0.253 e. The van der Waals surface area contributed by atoms with Crippen molar-refractivity contribution in [3.63, 3.8) is 0 Å². The molecule has 108 valence electrons. The van der Waals surface area contributed by atoms with Crippen LogP contribution in [0.15, 0.2) is 48.8 Å². The van der Waals surface area contributed by atoms with Crippen LogP contribution in [0, 0.1) is 6.92 Å². The number of aromatic amines is 1. The van der Waals surface area contributed by atoms with Crippen LogP contribution in [0.25, 0.3) is 10.9 Å². The number of halogens is 1. The fourth-order valence-electron chi connectivity index (χ4n) is 2.33. The minimum Gasteiger partial charge on any atom is -0.358 e. The number of rotatable bonds is 3. The summed E-state index contributed by atoms with van der Waals surface area (Å²) in [7, 11) is 0. The molecule has 2 aromatic heterocycles. The molecule has 3 rings (SSSR count). The molecule has 0 radical (unpaired) electrons. The van der Waals surface area contributed by atoms with Gasteiger partial charge in [0.15, 0.2) is 0 Å². The third-order valence-electron chi connectivity index (χ3n) is 3.38. The number of nitrogens with zero attached hydrogens (tertiary/aromatic N) is 1. The average Bonchev–Trinajstić information content (AvgIpc) is 2.81. The third kappa shape index (κ3) is 3.06. The van der Waals surface area contributed by atoms with Gasteiger partial charge in [-0.25, -0.2) is 0 Å². The van der Waals surface area contributed by atoms with Gasteiger partial charge in [0.25, 0.3) is 5.91 Å². The summed E-state index contributed by atoms with van der Waals surface area (Å²) in [4.78, 5) is 19.3. The zero-order chi connectivity index (χ0) is 13.9. The normalized spacial score (nSPS) is 10.1. The second kappa shape index (κ2) is 6.41. The summed E-state index contributed by atoms with van der Waals surface area (Å²) >= 11 is 0. The summed E-state index contributed by atoms with van der Waals surface area (Å²) < 4.78 is 0. The number of pyridine rings is 1. The van der Waals surface area contributed by atoms with Gasteiger partial charge in [-0.15, -0.1) is 12.4 Å². The van der Waals surface area contributed by atoms with E-state index in [1.54, 1.807) is 24.5 Å². The fraction of sp³-hybridized carbons (Fsp3) is 0.125. The summed E-state index contributed by atoms with van der Waals surface area (Å²) in [5.74, 6) is -0.109. The molecule has 21 heavy (non-hydrogen) atoms. The van der Waals surface area contributed by atoms with Gasteiger partial charge in [-0.05, 0) is 30.7 Å². The van der Waals surface area contributed by atoms with Crippen LogP contribution in [0.1, 0.15) is 21.6 Å². The number of carbonyl (C=O) groups is 1. The highest BCUT2D eigenvalue weighted by atomic mass is 35.5. The van der Waals surface area contributed by atoms with Crippen LogP contribution in [-0.4, -0.2) is 15.9 Å². The molecule has 5 heteroatoms. The highest BCUT2D eigenvalue weighted by Crippen LogP contribution is 2.21. The van der Waals surface area contributed by atoms with E-state index in [-0.39, 0.29) is 18.3 Å². The number of H-pyrrole nitrogens is 1. The van der Waals surface area contributed by atoms with E-state index in [9.17, 15) is 4.79 Å². The molecule has 0 spiro atoms. The highest BCUT2D eigenvalue weighted by Gasteiger charge is 2.10. The zero-order valence-corrected chi connectivity index (χ0v) is 12.4. The summed E-state index contributed by atoms with van der Waals surface area (Å²) in [6, 6.07) is 11.6. The van der Waals surface area contributed by atoms with E-state index in [0.717, 1.165) is 22.2 Å². The van der Waals surface area contributed by atoms with Crippen LogP contribution in [0.5, 0.6) is 0 Å². The number of aromatic nitrogens is 2. The molecule has 0 unspecified atom stereocenters. The minimum atomic E-state index is -0.109. The largest absolute Gasteiger partial charge is 0.358 e. The van der Waals surface area contributed by atoms with Crippen LogP contribution in [0.3, 0.4) is 0 Å². The van der Waals surface area contributed by atoms with Crippen molar-refractivity contribution in [1.29, 1.82) is 0 Å². The van der Waals surface area contributed by atoms with Gasteiger partial charge in [-0.3, -0.25) is 9.78 Å².